The fourth-order valence-corrected chi connectivity index (χ4v) is 5.26. The van der Waals surface area contributed by atoms with Crippen molar-refractivity contribution in [2.75, 3.05) is 26.2 Å². The minimum Gasteiger partial charge on any atom is -0.336 e. The number of carbonyl (C=O) groups is 1. The second-order valence-electron chi connectivity index (χ2n) is 9.67. The number of carbonyl (C=O) groups excluding carboxylic acids is 1. The summed E-state index contributed by atoms with van der Waals surface area (Å²) in [6.45, 7) is 6.55. The molecule has 0 bridgehead atoms. The molecule has 32 heavy (non-hydrogen) atoms. The quantitative estimate of drug-likeness (QED) is 0.576. The number of hydrogen-bond acceptors (Lipinski definition) is 3. The highest BCUT2D eigenvalue weighted by Crippen LogP contribution is 2.27. The largest absolute Gasteiger partial charge is 0.336 e. The van der Waals surface area contributed by atoms with Gasteiger partial charge in [-0.15, -0.1) is 0 Å². The van der Waals surface area contributed by atoms with Gasteiger partial charge in [0.2, 0.25) is 5.91 Å². The molecule has 1 saturated carbocycles. The van der Waals surface area contributed by atoms with Crippen LogP contribution in [0.25, 0.3) is 6.08 Å². The van der Waals surface area contributed by atoms with Crippen molar-refractivity contribution < 1.29 is 4.79 Å². The number of likely N-dealkylation sites (tertiary alicyclic amines) is 1. The van der Waals surface area contributed by atoms with E-state index in [1.165, 1.54) is 36.8 Å². The third-order valence-electron chi connectivity index (χ3n) is 7.31. The van der Waals surface area contributed by atoms with Crippen LogP contribution in [0.2, 0.25) is 0 Å². The van der Waals surface area contributed by atoms with Crippen LogP contribution < -0.4 is 0 Å². The van der Waals surface area contributed by atoms with Crippen molar-refractivity contribution in [3.05, 3.63) is 59.4 Å². The van der Waals surface area contributed by atoms with Gasteiger partial charge < -0.3 is 9.80 Å². The smallest absolute Gasteiger partial charge is 0.246 e. The van der Waals surface area contributed by atoms with Gasteiger partial charge in [0.25, 0.3) is 0 Å². The third kappa shape index (κ3) is 6.10. The Balaban J connectivity index is 1.29. The van der Waals surface area contributed by atoms with Crippen molar-refractivity contribution in [2.45, 2.75) is 57.9 Å². The van der Waals surface area contributed by atoms with Gasteiger partial charge in [-0.1, -0.05) is 37.1 Å². The Hall–Kier alpha value is -2.40. The van der Waals surface area contributed by atoms with Crippen LogP contribution in [0.1, 0.15) is 55.2 Å². The zero-order chi connectivity index (χ0) is 22.3. The summed E-state index contributed by atoms with van der Waals surface area (Å²) in [6, 6.07) is 9.14. The second-order valence-corrected chi connectivity index (χ2v) is 9.67. The van der Waals surface area contributed by atoms with E-state index in [0.717, 1.165) is 51.0 Å². The van der Waals surface area contributed by atoms with Gasteiger partial charge in [-0.25, -0.2) is 0 Å². The van der Waals surface area contributed by atoms with Crippen LogP contribution in [0.4, 0.5) is 0 Å². The average molecular weight is 435 g/mol. The highest BCUT2D eigenvalue weighted by Gasteiger charge is 2.29. The topological polar surface area (TPSA) is 41.4 Å². The molecule has 1 aliphatic heterocycles. The number of aryl methyl sites for hydroxylation is 2. The maximum atomic E-state index is 13.1. The van der Waals surface area contributed by atoms with Crippen molar-refractivity contribution in [3.8, 4) is 0 Å². The van der Waals surface area contributed by atoms with Gasteiger partial charge in [0.1, 0.15) is 0 Å². The van der Waals surface area contributed by atoms with E-state index in [2.05, 4.69) is 46.1 Å². The minimum absolute atomic E-state index is 0.169. The first-order chi connectivity index (χ1) is 15.6. The molecule has 2 fully saturated rings. The van der Waals surface area contributed by atoms with E-state index in [0.29, 0.717) is 12.0 Å². The molecule has 2 aliphatic rings. The molecule has 0 unspecified atom stereocenters. The summed E-state index contributed by atoms with van der Waals surface area (Å²) in [4.78, 5) is 17.9. The lowest BCUT2D eigenvalue weighted by molar-refractivity contribution is -0.129. The molecular formula is C27H38N4O. The van der Waals surface area contributed by atoms with Crippen molar-refractivity contribution >= 4 is 12.0 Å². The zero-order valence-corrected chi connectivity index (χ0v) is 19.7. The SMILES string of the molecule is Cc1ccccc1CCN1CCC(CN(C(=O)C=Cc2cnn(C)c2)C2CCCC2)CC1. The van der Waals surface area contributed by atoms with Gasteiger partial charge in [-0.05, 0) is 75.2 Å². The molecule has 172 valence electrons. The maximum Gasteiger partial charge on any atom is 0.246 e. The lowest BCUT2D eigenvalue weighted by atomic mass is 9.94. The molecule has 0 N–H and O–H groups in total. The molecule has 5 nitrogen and oxygen atoms in total. The first-order valence-electron chi connectivity index (χ1n) is 12.3. The first kappa shape index (κ1) is 22.8. The van der Waals surface area contributed by atoms with E-state index in [1.54, 1.807) is 17.0 Å². The van der Waals surface area contributed by atoms with Crippen molar-refractivity contribution in [1.29, 1.82) is 0 Å². The number of nitrogens with zero attached hydrogens (tertiary/aromatic N) is 4. The highest BCUT2D eigenvalue weighted by molar-refractivity contribution is 5.92. The van der Waals surface area contributed by atoms with Crippen LogP contribution in [-0.2, 0) is 18.3 Å². The lowest BCUT2D eigenvalue weighted by Gasteiger charge is -2.37. The standard InChI is InChI=1S/C27H38N4O/c1-22-7-3-4-8-25(22)15-18-30-16-13-23(14-17-30)21-31(26-9-5-6-10-26)27(32)12-11-24-19-28-29(2)20-24/h3-4,7-8,11-12,19-20,23,26H,5-6,9-10,13-18,21H2,1-2H3. The number of rotatable bonds is 8. The number of benzene rings is 1. The summed E-state index contributed by atoms with van der Waals surface area (Å²) in [5.41, 5.74) is 3.84. The van der Waals surface area contributed by atoms with Crippen LogP contribution in [0.15, 0.2) is 42.7 Å². The molecule has 0 radical (unpaired) electrons. The van der Waals surface area contributed by atoms with Gasteiger partial charge in [0.05, 0.1) is 6.20 Å². The third-order valence-corrected chi connectivity index (χ3v) is 7.31. The van der Waals surface area contributed by atoms with Crippen LogP contribution in [-0.4, -0.2) is 57.7 Å². The lowest BCUT2D eigenvalue weighted by Crippen LogP contribution is -2.44. The predicted octanol–water partition coefficient (Wildman–Crippen LogP) is 4.47. The Kier molecular flexibility index (Phi) is 7.80. The normalized spacial score (nSPS) is 18.6. The summed E-state index contributed by atoms with van der Waals surface area (Å²) in [6.07, 6.45) is 15.7. The van der Waals surface area contributed by atoms with E-state index in [1.807, 2.05) is 19.3 Å². The Labute approximate surface area is 193 Å². The number of aromatic nitrogens is 2. The molecule has 1 aliphatic carbocycles. The van der Waals surface area contributed by atoms with E-state index in [-0.39, 0.29) is 5.91 Å². The zero-order valence-electron chi connectivity index (χ0n) is 19.7. The second kappa shape index (κ2) is 11.0. The summed E-state index contributed by atoms with van der Waals surface area (Å²) in [7, 11) is 1.90. The summed E-state index contributed by atoms with van der Waals surface area (Å²) in [5.74, 6) is 0.781. The monoisotopic (exact) mass is 434 g/mol. The molecule has 2 aromatic rings. The number of amides is 1. The van der Waals surface area contributed by atoms with E-state index in [9.17, 15) is 4.79 Å². The Bertz CT molecular complexity index is 904. The Morgan fingerprint density at radius 3 is 2.59 bits per heavy atom. The molecule has 2 heterocycles. The highest BCUT2D eigenvalue weighted by atomic mass is 16.2. The summed E-state index contributed by atoms with van der Waals surface area (Å²) < 4.78 is 1.77. The molecule has 1 aromatic heterocycles. The van der Waals surface area contributed by atoms with Gasteiger partial charge in [-0.2, -0.15) is 5.10 Å². The minimum atomic E-state index is 0.169. The van der Waals surface area contributed by atoms with E-state index < -0.39 is 0 Å². The van der Waals surface area contributed by atoms with Crippen LogP contribution in [0, 0.1) is 12.8 Å². The number of hydrogen-bond donors (Lipinski definition) is 0. The van der Waals surface area contributed by atoms with E-state index in [4.69, 9.17) is 0 Å². The summed E-state index contributed by atoms with van der Waals surface area (Å²) >= 11 is 0. The molecule has 5 heteroatoms. The molecule has 4 rings (SSSR count). The fraction of sp³-hybridized carbons (Fsp3) is 0.556. The number of piperidine rings is 1. The van der Waals surface area contributed by atoms with E-state index >= 15 is 0 Å². The fourth-order valence-electron chi connectivity index (χ4n) is 5.26. The Morgan fingerprint density at radius 2 is 1.91 bits per heavy atom. The van der Waals surface area contributed by atoms with Crippen LogP contribution in [0.5, 0.6) is 0 Å². The molecule has 1 saturated heterocycles. The first-order valence-corrected chi connectivity index (χ1v) is 12.3. The van der Waals surface area contributed by atoms with Gasteiger partial charge >= 0.3 is 0 Å². The molecule has 1 amide bonds. The van der Waals surface area contributed by atoms with Gasteiger partial charge in [0, 0.05) is 44.0 Å². The van der Waals surface area contributed by atoms with Gasteiger partial charge in [-0.3, -0.25) is 9.48 Å². The average Bonchev–Trinajstić information content (AvgIpc) is 3.48. The molecule has 0 spiro atoms. The van der Waals surface area contributed by atoms with Crippen LogP contribution >= 0.6 is 0 Å². The van der Waals surface area contributed by atoms with Gasteiger partial charge in [0.15, 0.2) is 0 Å². The Morgan fingerprint density at radius 1 is 1.16 bits per heavy atom. The van der Waals surface area contributed by atoms with Crippen molar-refractivity contribution in [1.82, 2.24) is 19.6 Å². The van der Waals surface area contributed by atoms with Crippen molar-refractivity contribution in [3.63, 3.8) is 0 Å². The molecule has 0 atom stereocenters. The summed E-state index contributed by atoms with van der Waals surface area (Å²) in [5, 5.41) is 4.19. The predicted molar refractivity (Wildman–Crippen MR) is 130 cm³/mol. The molecular weight excluding hydrogens is 396 g/mol. The van der Waals surface area contributed by atoms with Crippen molar-refractivity contribution in [2.24, 2.45) is 13.0 Å². The maximum absolute atomic E-state index is 13.1. The van der Waals surface area contributed by atoms with Crippen LogP contribution in [0.3, 0.4) is 0 Å². The molecule has 1 aromatic carbocycles.